The second-order valence-electron chi connectivity index (χ2n) is 7.58. The third-order valence-electron chi connectivity index (χ3n) is 5.21. The fourth-order valence-corrected chi connectivity index (χ4v) is 3.75. The standard InChI is InChI=1S/C21H30N4O2/c1-14(2)18-7-6-17(12-15(18)3)27-16(4)21(26)25-11-8-22-13-19(25)20-23-9-10-24(20)5/h6-7,9-10,12,14,16,19,22H,8,11,13H2,1-5H3. The van der Waals surface area contributed by atoms with Crippen LogP contribution in [0.5, 0.6) is 5.75 Å². The maximum Gasteiger partial charge on any atom is 0.264 e. The van der Waals surface area contributed by atoms with E-state index in [0.29, 0.717) is 19.0 Å². The quantitative estimate of drug-likeness (QED) is 0.879. The molecule has 3 rings (SSSR count). The molecule has 1 N–H and O–H groups in total. The van der Waals surface area contributed by atoms with Crippen molar-refractivity contribution in [1.29, 1.82) is 0 Å². The summed E-state index contributed by atoms with van der Waals surface area (Å²) in [4.78, 5) is 19.4. The van der Waals surface area contributed by atoms with Crippen molar-refractivity contribution in [3.05, 3.63) is 47.5 Å². The monoisotopic (exact) mass is 370 g/mol. The molecule has 1 aromatic carbocycles. The summed E-state index contributed by atoms with van der Waals surface area (Å²) in [7, 11) is 1.96. The van der Waals surface area contributed by atoms with Crippen LogP contribution in [-0.4, -0.2) is 46.1 Å². The van der Waals surface area contributed by atoms with Crippen LogP contribution in [0.1, 0.15) is 49.7 Å². The molecule has 1 aliphatic heterocycles. The zero-order chi connectivity index (χ0) is 19.6. The first kappa shape index (κ1) is 19.4. The summed E-state index contributed by atoms with van der Waals surface area (Å²) in [5.74, 6) is 2.09. The van der Waals surface area contributed by atoms with Crippen LogP contribution < -0.4 is 10.1 Å². The summed E-state index contributed by atoms with van der Waals surface area (Å²) in [6.07, 6.45) is 3.13. The van der Waals surface area contributed by atoms with E-state index in [1.165, 1.54) is 11.1 Å². The van der Waals surface area contributed by atoms with E-state index in [4.69, 9.17) is 4.74 Å². The molecule has 0 radical (unpaired) electrons. The van der Waals surface area contributed by atoms with Crippen LogP contribution in [0.2, 0.25) is 0 Å². The molecule has 1 amide bonds. The van der Waals surface area contributed by atoms with Crippen LogP contribution in [0.3, 0.4) is 0 Å². The summed E-state index contributed by atoms with van der Waals surface area (Å²) in [5.41, 5.74) is 2.49. The number of nitrogens with zero attached hydrogens (tertiary/aromatic N) is 3. The molecule has 146 valence electrons. The molecule has 27 heavy (non-hydrogen) atoms. The number of carbonyl (C=O) groups is 1. The molecule has 1 aliphatic rings. The van der Waals surface area contributed by atoms with Crippen LogP contribution in [0, 0.1) is 6.92 Å². The van der Waals surface area contributed by atoms with Gasteiger partial charge >= 0.3 is 0 Å². The van der Waals surface area contributed by atoms with Gasteiger partial charge < -0.3 is 19.5 Å². The number of carbonyl (C=O) groups excluding carboxylic acids is 1. The highest BCUT2D eigenvalue weighted by Crippen LogP contribution is 2.26. The summed E-state index contributed by atoms with van der Waals surface area (Å²) in [6, 6.07) is 5.99. The molecule has 6 heteroatoms. The average molecular weight is 370 g/mol. The van der Waals surface area contributed by atoms with Crippen molar-refractivity contribution in [1.82, 2.24) is 19.8 Å². The largest absolute Gasteiger partial charge is 0.481 e. The third-order valence-corrected chi connectivity index (χ3v) is 5.21. The van der Waals surface area contributed by atoms with E-state index in [9.17, 15) is 4.79 Å². The lowest BCUT2D eigenvalue weighted by Gasteiger charge is -2.37. The van der Waals surface area contributed by atoms with Gasteiger partial charge in [-0.1, -0.05) is 19.9 Å². The Morgan fingerprint density at radius 1 is 1.33 bits per heavy atom. The Morgan fingerprint density at radius 3 is 2.74 bits per heavy atom. The predicted octanol–water partition coefficient (Wildman–Crippen LogP) is 2.79. The Balaban J connectivity index is 1.74. The number of piperazine rings is 1. The topological polar surface area (TPSA) is 59.4 Å². The van der Waals surface area contributed by atoms with E-state index in [-0.39, 0.29) is 11.9 Å². The molecule has 6 nitrogen and oxygen atoms in total. The number of imidazole rings is 1. The summed E-state index contributed by atoms with van der Waals surface area (Å²) < 4.78 is 7.97. The second kappa shape index (κ2) is 8.13. The maximum absolute atomic E-state index is 13.1. The van der Waals surface area contributed by atoms with E-state index < -0.39 is 6.10 Å². The molecule has 2 atom stereocenters. The van der Waals surface area contributed by atoms with E-state index >= 15 is 0 Å². The van der Waals surface area contributed by atoms with Gasteiger partial charge in [0.25, 0.3) is 5.91 Å². The lowest BCUT2D eigenvalue weighted by molar-refractivity contribution is -0.141. The van der Waals surface area contributed by atoms with Crippen LogP contribution in [0.25, 0.3) is 0 Å². The van der Waals surface area contributed by atoms with Crippen molar-refractivity contribution in [3.63, 3.8) is 0 Å². The highest BCUT2D eigenvalue weighted by molar-refractivity contribution is 5.81. The molecule has 0 saturated carbocycles. The predicted molar refractivity (Wildman–Crippen MR) is 106 cm³/mol. The van der Waals surface area contributed by atoms with Crippen molar-refractivity contribution in [2.45, 2.75) is 45.8 Å². The number of hydrogen-bond donors (Lipinski definition) is 1. The number of benzene rings is 1. The molecule has 1 fully saturated rings. The number of amides is 1. The summed E-state index contributed by atoms with van der Waals surface area (Å²) in [6.45, 7) is 10.4. The molecule has 0 spiro atoms. The lowest BCUT2D eigenvalue weighted by Crippen LogP contribution is -2.52. The molecule has 0 bridgehead atoms. The van der Waals surface area contributed by atoms with E-state index in [1.807, 2.05) is 41.8 Å². The molecule has 2 heterocycles. The number of nitrogens with one attached hydrogen (secondary N) is 1. The Labute approximate surface area is 161 Å². The van der Waals surface area contributed by atoms with E-state index in [1.54, 1.807) is 6.20 Å². The van der Waals surface area contributed by atoms with Crippen molar-refractivity contribution in [2.75, 3.05) is 19.6 Å². The summed E-state index contributed by atoms with van der Waals surface area (Å²) in [5, 5.41) is 3.36. The van der Waals surface area contributed by atoms with Gasteiger partial charge in [0.15, 0.2) is 6.10 Å². The van der Waals surface area contributed by atoms with Crippen LogP contribution in [0.15, 0.2) is 30.6 Å². The van der Waals surface area contributed by atoms with Crippen molar-refractivity contribution >= 4 is 5.91 Å². The van der Waals surface area contributed by atoms with Gasteiger partial charge in [-0.15, -0.1) is 0 Å². The van der Waals surface area contributed by atoms with Gasteiger partial charge in [-0.3, -0.25) is 4.79 Å². The number of aryl methyl sites for hydroxylation is 2. The first-order valence-corrected chi connectivity index (χ1v) is 9.64. The zero-order valence-corrected chi connectivity index (χ0v) is 16.9. The highest BCUT2D eigenvalue weighted by Gasteiger charge is 2.33. The highest BCUT2D eigenvalue weighted by atomic mass is 16.5. The minimum absolute atomic E-state index is 0.00455. The second-order valence-corrected chi connectivity index (χ2v) is 7.58. The van der Waals surface area contributed by atoms with Crippen LogP contribution in [-0.2, 0) is 11.8 Å². The minimum atomic E-state index is -0.546. The van der Waals surface area contributed by atoms with Gasteiger partial charge in [-0.25, -0.2) is 4.98 Å². The third kappa shape index (κ3) is 4.16. The fraction of sp³-hybridized carbons (Fsp3) is 0.524. The van der Waals surface area contributed by atoms with Crippen molar-refractivity contribution < 1.29 is 9.53 Å². The van der Waals surface area contributed by atoms with Gasteiger partial charge in [0.05, 0.1) is 0 Å². The normalized spacial score (nSPS) is 18.6. The molecule has 2 aromatic rings. The molecule has 1 saturated heterocycles. The average Bonchev–Trinajstić information content (AvgIpc) is 3.06. The number of hydrogen-bond acceptors (Lipinski definition) is 4. The lowest BCUT2D eigenvalue weighted by atomic mass is 9.98. The first-order valence-electron chi connectivity index (χ1n) is 9.64. The van der Waals surface area contributed by atoms with Crippen molar-refractivity contribution in [3.8, 4) is 5.75 Å². The van der Waals surface area contributed by atoms with Gasteiger partial charge in [0.2, 0.25) is 0 Å². The fourth-order valence-electron chi connectivity index (χ4n) is 3.75. The van der Waals surface area contributed by atoms with Crippen LogP contribution >= 0.6 is 0 Å². The smallest absolute Gasteiger partial charge is 0.264 e. The van der Waals surface area contributed by atoms with Gasteiger partial charge in [-0.05, 0) is 43.0 Å². The zero-order valence-electron chi connectivity index (χ0n) is 16.9. The number of rotatable bonds is 5. The Kier molecular flexibility index (Phi) is 5.85. The van der Waals surface area contributed by atoms with Gasteiger partial charge in [0.1, 0.15) is 17.6 Å². The SMILES string of the molecule is Cc1cc(OC(C)C(=O)N2CCNCC2c2nccn2C)ccc1C(C)C. The first-order chi connectivity index (χ1) is 12.9. The summed E-state index contributed by atoms with van der Waals surface area (Å²) >= 11 is 0. The van der Waals surface area contributed by atoms with E-state index in [2.05, 4.69) is 37.1 Å². The minimum Gasteiger partial charge on any atom is -0.481 e. The van der Waals surface area contributed by atoms with Crippen LogP contribution in [0.4, 0.5) is 0 Å². The molecule has 0 aliphatic carbocycles. The Hall–Kier alpha value is -2.34. The molecular formula is C21H30N4O2. The Morgan fingerprint density at radius 2 is 2.11 bits per heavy atom. The molecule has 2 unspecified atom stereocenters. The molecule has 1 aromatic heterocycles. The number of ether oxygens (including phenoxy) is 1. The van der Waals surface area contributed by atoms with Crippen molar-refractivity contribution in [2.24, 2.45) is 7.05 Å². The molecular weight excluding hydrogens is 340 g/mol. The van der Waals surface area contributed by atoms with Gasteiger partial charge in [0, 0.05) is 39.1 Å². The van der Waals surface area contributed by atoms with Gasteiger partial charge in [-0.2, -0.15) is 0 Å². The maximum atomic E-state index is 13.1. The number of aromatic nitrogens is 2. The van der Waals surface area contributed by atoms with E-state index in [0.717, 1.165) is 18.1 Å². The Bertz CT molecular complexity index is 799.